The van der Waals surface area contributed by atoms with E-state index in [0.29, 0.717) is 12.2 Å². The van der Waals surface area contributed by atoms with Gasteiger partial charge < -0.3 is 4.90 Å². The standard InChI is InChI=1S/C22H20N6O/c1-14-4-6-18-17(9-14)21(27-26-18)22(29)28-8-2-3-20(28)19-7-5-15(12-25-19)16-10-23-13-24-11-16/h4-7,9-13,20H,2-3,8H2,1H3,(H,26,27). The van der Waals surface area contributed by atoms with Crippen LogP contribution in [0, 0.1) is 6.92 Å². The van der Waals surface area contributed by atoms with Gasteiger partial charge in [-0.1, -0.05) is 17.7 Å². The van der Waals surface area contributed by atoms with Gasteiger partial charge in [0.05, 0.1) is 17.3 Å². The Bertz CT molecular complexity index is 1170. The molecule has 1 N–H and O–H groups in total. The van der Waals surface area contributed by atoms with E-state index in [9.17, 15) is 4.79 Å². The molecule has 4 heterocycles. The second-order valence-electron chi connectivity index (χ2n) is 7.38. The van der Waals surface area contributed by atoms with E-state index in [4.69, 9.17) is 0 Å². The van der Waals surface area contributed by atoms with Gasteiger partial charge in [0.2, 0.25) is 0 Å². The normalized spacial score (nSPS) is 16.4. The number of likely N-dealkylation sites (tertiary alicyclic amines) is 1. The minimum atomic E-state index is -0.0494. The average molecular weight is 384 g/mol. The molecule has 1 unspecified atom stereocenters. The zero-order chi connectivity index (χ0) is 19.8. The first-order valence-corrected chi connectivity index (χ1v) is 9.68. The van der Waals surface area contributed by atoms with Crippen molar-refractivity contribution in [2.75, 3.05) is 6.54 Å². The summed E-state index contributed by atoms with van der Waals surface area (Å²) < 4.78 is 0. The van der Waals surface area contributed by atoms with Crippen LogP contribution < -0.4 is 0 Å². The van der Waals surface area contributed by atoms with Crippen molar-refractivity contribution in [1.82, 2.24) is 30.0 Å². The molecule has 1 aliphatic heterocycles. The van der Waals surface area contributed by atoms with Crippen LogP contribution in [0.2, 0.25) is 0 Å². The van der Waals surface area contributed by atoms with Gasteiger partial charge in [0.1, 0.15) is 6.33 Å². The van der Waals surface area contributed by atoms with Crippen molar-refractivity contribution in [3.8, 4) is 11.1 Å². The number of carbonyl (C=O) groups excluding carboxylic acids is 1. The number of amides is 1. The van der Waals surface area contributed by atoms with Crippen molar-refractivity contribution in [2.45, 2.75) is 25.8 Å². The number of nitrogens with one attached hydrogen (secondary N) is 1. The monoisotopic (exact) mass is 384 g/mol. The second kappa shape index (κ2) is 7.09. The first kappa shape index (κ1) is 17.5. The lowest BCUT2D eigenvalue weighted by Gasteiger charge is -2.23. The summed E-state index contributed by atoms with van der Waals surface area (Å²) in [6, 6.07) is 9.94. The van der Waals surface area contributed by atoms with Crippen molar-refractivity contribution in [2.24, 2.45) is 0 Å². The Labute approximate surface area is 167 Å². The molecule has 4 aromatic rings. The third-order valence-corrected chi connectivity index (χ3v) is 5.46. The van der Waals surface area contributed by atoms with Crippen LogP contribution in [0.4, 0.5) is 0 Å². The zero-order valence-corrected chi connectivity index (χ0v) is 16.0. The van der Waals surface area contributed by atoms with Gasteiger partial charge in [-0.05, 0) is 38.0 Å². The molecule has 1 aromatic carbocycles. The van der Waals surface area contributed by atoms with E-state index < -0.39 is 0 Å². The van der Waals surface area contributed by atoms with Gasteiger partial charge in [0.15, 0.2) is 5.69 Å². The molecule has 7 heteroatoms. The molecular weight excluding hydrogens is 364 g/mol. The summed E-state index contributed by atoms with van der Waals surface area (Å²) in [4.78, 5) is 28.0. The van der Waals surface area contributed by atoms with Crippen LogP contribution in [-0.2, 0) is 0 Å². The number of aromatic nitrogens is 5. The number of fused-ring (bicyclic) bond motifs is 1. The molecule has 1 amide bonds. The Hall–Kier alpha value is -3.61. The molecule has 1 saturated heterocycles. The Balaban J connectivity index is 1.44. The summed E-state index contributed by atoms with van der Waals surface area (Å²) in [7, 11) is 0. The fraction of sp³-hybridized carbons (Fsp3) is 0.227. The fourth-order valence-corrected chi connectivity index (χ4v) is 3.97. The van der Waals surface area contributed by atoms with E-state index in [1.807, 2.05) is 48.4 Å². The predicted octanol–water partition coefficient (Wildman–Crippen LogP) is 3.70. The van der Waals surface area contributed by atoms with E-state index >= 15 is 0 Å². The highest BCUT2D eigenvalue weighted by Gasteiger charge is 2.33. The number of hydrogen-bond donors (Lipinski definition) is 1. The molecule has 1 aliphatic rings. The van der Waals surface area contributed by atoms with Gasteiger partial charge in [0.25, 0.3) is 5.91 Å². The lowest BCUT2D eigenvalue weighted by atomic mass is 10.1. The summed E-state index contributed by atoms with van der Waals surface area (Å²) in [5, 5.41) is 8.16. The number of benzene rings is 1. The number of aromatic amines is 1. The van der Waals surface area contributed by atoms with Crippen molar-refractivity contribution < 1.29 is 4.79 Å². The number of pyridine rings is 1. The van der Waals surface area contributed by atoms with Crippen molar-refractivity contribution in [3.63, 3.8) is 0 Å². The molecule has 1 fully saturated rings. The van der Waals surface area contributed by atoms with Crippen molar-refractivity contribution in [1.29, 1.82) is 0 Å². The summed E-state index contributed by atoms with van der Waals surface area (Å²) in [5.41, 5.74) is 5.24. The molecule has 0 radical (unpaired) electrons. The van der Waals surface area contributed by atoms with Crippen LogP contribution in [0.5, 0.6) is 0 Å². The topological polar surface area (TPSA) is 87.7 Å². The smallest absolute Gasteiger partial charge is 0.275 e. The number of carbonyl (C=O) groups is 1. The highest BCUT2D eigenvalue weighted by atomic mass is 16.2. The summed E-state index contributed by atoms with van der Waals surface area (Å²) in [6.45, 7) is 2.72. The molecule has 3 aromatic heterocycles. The maximum absolute atomic E-state index is 13.3. The second-order valence-corrected chi connectivity index (χ2v) is 7.38. The molecule has 7 nitrogen and oxygen atoms in total. The van der Waals surface area contributed by atoms with Gasteiger partial charge >= 0.3 is 0 Å². The average Bonchev–Trinajstić information content (AvgIpc) is 3.41. The number of rotatable bonds is 3. The van der Waals surface area contributed by atoms with Crippen LogP contribution in [-0.4, -0.2) is 42.5 Å². The largest absolute Gasteiger partial charge is 0.329 e. The van der Waals surface area contributed by atoms with E-state index in [0.717, 1.165) is 46.1 Å². The molecular formula is C22H20N6O. The molecule has 0 aliphatic carbocycles. The lowest BCUT2D eigenvalue weighted by molar-refractivity contribution is 0.0729. The molecule has 0 bridgehead atoms. The maximum Gasteiger partial charge on any atom is 0.275 e. The Morgan fingerprint density at radius 1 is 1.10 bits per heavy atom. The van der Waals surface area contributed by atoms with Crippen LogP contribution >= 0.6 is 0 Å². The van der Waals surface area contributed by atoms with E-state index in [1.165, 1.54) is 6.33 Å². The lowest BCUT2D eigenvalue weighted by Crippen LogP contribution is -2.31. The third kappa shape index (κ3) is 3.14. The minimum Gasteiger partial charge on any atom is -0.329 e. The Morgan fingerprint density at radius 3 is 2.76 bits per heavy atom. The van der Waals surface area contributed by atoms with Crippen molar-refractivity contribution in [3.05, 3.63) is 72.2 Å². The van der Waals surface area contributed by atoms with Gasteiger partial charge in [-0.3, -0.25) is 14.9 Å². The molecule has 144 valence electrons. The van der Waals surface area contributed by atoms with E-state index in [1.54, 1.807) is 12.4 Å². The maximum atomic E-state index is 13.3. The van der Waals surface area contributed by atoms with Gasteiger partial charge in [-0.2, -0.15) is 5.10 Å². The van der Waals surface area contributed by atoms with Gasteiger partial charge in [-0.25, -0.2) is 9.97 Å². The Morgan fingerprint density at radius 2 is 1.97 bits per heavy atom. The van der Waals surface area contributed by atoms with E-state index in [2.05, 4.69) is 25.1 Å². The highest BCUT2D eigenvalue weighted by molar-refractivity contribution is 6.05. The first-order chi connectivity index (χ1) is 14.2. The number of hydrogen-bond acceptors (Lipinski definition) is 5. The Kier molecular flexibility index (Phi) is 4.27. The number of H-pyrrole nitrogens is 1. The van der Waals surface area contributed by atoms with Crippen LogP contribution in [0.15, 0.2) is 55.2 Å². The highest BCUT2D eigenvalue weighted by Crippen LogP contribution is 2.33. The molecule has 1 atom stereocenters. The predicted molar refractivity (Wildman–Crippen MR) is 109 cm³/mol. The SMILES string of the molecule is Cc1ccc2[nH]nc(C(=O)N3CCCC3c3ccc(-c4cncnc4)cn3)c2c1. The molecule has 29 heavy (non-hydrogen) atoms. The summed E-state index contributed by atoms with van der Waals surface area (Å²) >= 11 is 0. The summed E-state index contributed by atoms with van der Waals surface area (Å²) in [5.74, 6) is -0.0494. The first-order valence-electron chi connectivity index (χ1n) is 9.68. The summed E-state index contributed by atoms with van der Waals surface area (Å²) in [6.07, 6.45) is 8.71. The molecule has 5 rings (SSSR count). The van der Waals surface area contributed by atoms with Crippen LogP contribution in [0.25, 0.3) is 22.0 Å². The quantitative estimate of drug-likeness (QED) is 0.582. The zero-order valence-electron chi connectivity index (χ0n) is 16.0. The van der Waals surface area contributed by atoms with Gasteiger partial charge in [0, 0.05) is 41.6 Å². The minimum absolute atomic E-state index is 0.0415. The fourth-order valence-electron chi connectivity index (χ4n) is 3.97. The molecule has 0 spiro atoms. The number of nitrogens with zero attached hydrogens (tertiary/aromatic N) is 5. The van der Waals surface area contributed by atoms with E-state index in [-0.39, 0.29) is 11.9 Å². The van der Waals surface area contributed by atoms with Crippen LogP contribution in [0.1, 0.15) is 40.6 Å². The number of aryl methyl sites for hydroxylation is 1. The van der Waals surface area contributed by atoms with Crippen molar-refractivity contribution >= 4 is 16.8 Å². The molecule has 0 saturated carbocycles. The van der Waals surface area contributed by atoms with Crippen LogP contribution in [0.3, 0.4) is 0 Å². The van der Waals surface area contributed by atoms with Gasteiger partial charge in [-0.15, -0.1) is 0 Å². The third-order valence-electron chi connectivity index (χ3n) is 5.46.